The second kappa shape index (κ2) is 5.05. The van der Waals surface area contributed by atoms with Crippen LogP contribution in [0.25, 0.3) is 5.52 Å². The first-order chi connectivity index (χ1) is 10.3. The average molecular weight is 325 g/mol. The van der Waals surface area contributed by atoms with Gasteiger partial charge in [0, 0.05) is 13.1 Å². The van der Waals surface area contributed by atoms with E-state index in [1.807, 2.05) is 4.90 Å². The summed E-state index contributed by atoms with van der Waals surface area (Å²) in [6, 6.07) is 1.20. The third kappa shape index (κ3) is 2.27. The lowest BCUT2D eigenvalue weighted by molar-refractivity contribution is 0.101. The molecule has 1 unspecified atom stereocenters. The van der Waals surface area contributed by atoms with Crippen molar-refractivity contribution in [2.45, 2.75) is 19.1 Å². The minimum absolute atomic E-state index is 0.0130. The van der Waals surface area contributed by atoms with Crippen LogP contribution in [-0.4, -0.2) is 47.7 Å². The number of imidazole rings is 1. The van der Waals surface area contributed by atoms with Gasteiger partial charge in [-0.2, -0.15) is 0 Å². The van der Waals surface area contributed by atoms with Gasteiger partial charge in [0.1, 0.15) is 23.5 Å². The molecule has 0 bridgehead atoms. The Morgan fingerprint density at radius 3 is 2.82 bits per heavy atom. The third-order valence-corrected chi connectivity index (χ3v) is 6.17. The maximum absolute atomic E-state index is 14.1. The zero-order valence-electron chi connectivity index (χ0n) is 12.3. The largest absolute Gasteiger partial charge is 0.355 e. The van der Waals surface area contributed by atoms with E-state index in [2.05, 4.69) is 4.98 Å². The predicted molar refractivity (Wildman–Crippen MR) is 80.6 cm³/mol. The number of anilines is 1. The van der Waals surface area contributed by atoms with E-state index in [0.29, 0.717) is 5.82 Å². The summed E-state index contributed by atoms with van der Waals surface area (Å²) in [4.78, 5) is 17.6. The van der Waals surface area contributed by atoms with Crippen LogP contribution in [0.3, 0.4) is 0 Å². The average Bonchev–Trinajstić information content (AvgIpc) is 2.92. The molecule has 2 aromatic rings. The molecule has 118 valence electrons. The number of hydrogen-bond acceptors (Lipinski definition) is 5. The third-order valence-electron chi connectivity index (χ3n) is 4.04. The first-order valence-electron chi connectivity index (χ1n) is 6.93. The number of hydrogen-bond donors (Lipinski definition) is 0. The molecule has 1 aliphatic rings. The van der Waals surface area contributed by atoms with Gasteiger partial charge in [0.05, 0.1) is 22.8 Å². The van der Waals surface area contributed by atoms with E-state index in [9.17, 15) is 17.6 Å². The van der Waals surface area contributed by atoms with Gasteiger partial charge in [0.2, 0.25) is 0 Å². The van der Waals surface area contributed by atoms with Crippen LogP contribution in [0, 0.1) is 5.82 Å². The van der Waals surface area contributed by atoms with Crippen molar-refractivity contribution in [1.82, 2.24) is 9.38 Å². The zero-order valence-corrected chi connectivity index (χ0v) is 13.1. The molecule has 1 saturated heterocycles. The number of fused-ring (bicyclic) bond motifs is 1. The minimum Gasteiger partial charge on any atom is -0.355 e. The standard InChI is InChI=1S/C14H16FN3O3S/c1-9-7-17(3-4-22(9,20)21)14-11(10(2)19)5-12(15)13-6-16-8-18(13)14/h5-6,8-9H,3-4,7H2,1-2H3. The highest BCUT2D eigenvalue weighted by atomic mass is 32.2. The Hall–Kier alpha value is -1.96. The van der Waals surface area contributed by atoms with E-state index < -0.39 is 20.9 Å². The summed E-state index contributed by atoms with van der Waals surface area (Å²) in [5.41, 5.74) is 0.496. The van der Waals surface area contributed by atoms with Crippen molar-refractivity contribution in [2.24, 2.45) is 0 Å². The Morgan fingerprint density at radius 2 is 2.18 bits per heavy atom. The van der Waals surface area contributed by atoms with Crippen molar-refractivity contribution >= 4 is 27.0 Å². The summed E-state index contributed by atoms with van der Waals surface area (Å²) in [6.07, 6.45) is 2.82. The molecule has 6 nitrogen and oxygen atoms in total. The minimum atomic E-state index is -3.11. The van der Waals surface area contributed by atoms with E-state index in [1.165, 1.54) is 29.9 Å². The number of nitrogens with zero attached hydrogens (tertiary/aromatic N) is 3. The summed E-state index contributed by atoms with van der Waals surface area (Å²) in [5, 5.41) is -0.537. The molecule has 1 atom stereocenters. The van der Waals surface area contributed by atoms with Crippen LogP contribution in [0.1, 0.15) is 24.2 Å². The van der Waals surface area contributed by atoms with Gasteiger partial charge in [-0.1, -0.05) is 0 Å². The Bertz CT molecular complexity index is 860. The Morgan fingerprint density at radius 1 is 1.45 bits per heavy atom. The molecular formula is C14H16FN3O3S. The molecule has 0 N–H and O–H groups in total. The SMILES string of the molecule is CC(=O)c1cc(F)c2cncn2c1N1CCS(=O)(=O)C(C)C1. The fraction of sp³-hybridized carbons (Fsp3) is 0.429. The van der Waals surface area contributed by atoms with Crippen LogP contribution in [0.5, 0.6) is 0 Å². The monoisotopic (exact) mass is 325 g/mol. The molecule has 0 spiro atoms. The number of carbonyl (C=O) groups is 1. The molecular weight excluding hydrogens is 309 g/mol. The first-order valence-corrected chi connectivity index (χ1v) is 8.65. The summed E-state index contributed by atoms with van der Waals surface area (Å²) in [7, 11) is -3.11. The second-order valence-corrected chi connectivity index (χ2v) is 8.10. The molecule has 22 heavy (non-hydrogen) atoms. The highest BCUT2D eigenvalue weighted by Gasteiger charge is 2.32. The molecule has 8 heteroatoms. The molecule has 0 radical (unpaired) electrons. The van der Waals surface area contributed by atoms with Crippen molar-refractivity contribution in [3.8, 4) is 0 Å². The maximum atomic E-state index is 14.1. The van der Waals surface area contributed by atoms with E-state index in [-0.39, 0.29) is 35.7 Å². The van der Waals surface area contributed by atoms with E-state index in [1.54, 1.807) is 6.92 Å². The number of carbonyl (C=O) groups excluding carboxylic acids is 1. The number of sulfone groups is 1. The summed E-state index contributed by atoms with van der Waals surface area (Å²) in [6.45, 7) is 3.54. The first kappa shape index (κ1) is 15.0. The normalized spacial score (nSPS) is 21.2. The van der Waals surface area contributed by atoms with Crippen molar-refractivity contribution in [3.63, 3.8) is 0 Å². The molecule has 1 fully saturated rings. The number of aromatic nitrogens is 2. The van der Waals surface area contributed by atoms with Gasteiger partial charge in [-0.15, -0.1) is 0 Å². The summed E-state index contributed by atoms with van der Waals surface area (Å²) >= 11 is 0. The second-order valence-electron chi connectivity index (χ2n) is 5.56. The van der Waals surface area contributed by atoms with Crippen molar-refractivity contribution in [2.75, 3.05) is 23.7 Å². The summed E-state index contributed by atoms with van der Waals surface area (Å²) in [5.74, 6) is -0.281. The lowest BCUT2D eigenvalue weighted by Crippen LogP contribution is -2.46. The number of halogens is 1. The topological polar surface area (TPSA) is 71.8 Å². The van der Waals surface area contributed by atoms with Crippen LogP contribution in [0.2, 0.25) is 0 Å². The predicted octanol–water partition coefficient (Wildman–Crippen LogP) is 1.30. The van der Waals surface area contributed by atoms with Crippen LogP contribution in [-0.2, 0) is 9.84 Å². The number of pyridine rings is 1. The summed E-state index contributed by atoms with van der Waals surface area (Å²) < 4.78 is 39.3. The van der Waals surface area contributed by atoms with Crippen molar-refractivity contribution in [1.29, 1.82) is 0 Å². The molecule has 3 heterocycles. The fourth-order valence-corrected chi connectivity index (χ4v) is 4.05. The lowest BCUT2D eigenvalue weighted by Gasteiger charge is -2.34. The van der Waals surface area contributed by atoms with Gasteiger partial charge < -0.3 is 4.90 Å². The molecule has 1 aliphatic heterocycles. The lowest BCUT2D eigenvalue weighted by atomic mass is 10.1. The molecule has 0 aromatic carbocycles. The Balaban J connectivity index is 2.18. The quantitative estimate of drug-likeness (QED) is 0.778. The van der Waals surface area contributed by atoms with Gasteiger partial charge in [0.25, 0.3) is 0 Å². The van der Waals surface area contributed by atoms with Crippen LogP contribution < -0.4 is 4.90 Å². The van der Waals surface area contributed by atoms with Gasteiger partial charge in [-0.05, 0) is 19.9 Å². The molecule has 0 saturated carbocycles. The molecule has 3 rings (SSSR count). The zero-order chi connectivity index (χ0) is 16.1. The fourth-order valence-electron chi connectivity index (χ4n) is 2.76. The number of ketones is 1. The van der Waals surface area contributed by atoms with Gasteiger partial charge in [-0.25, -0.2) is 17.8 Å². The van der Waals surface area contributed by atoms with Gasteiger partial charge in [0.15, 0.2) is 15.6 Å². The molecule has 2 aromatic heterocycles. The van der Waals surface area contributed by atoms with Crippen molar-refractivity contribution < 1.29 is 17.6 Å². The smallest absolute Gasteiger partial charge is 0.163 e. The van der Waals surface area contributed by atoms with E-state index >= 15 is 0 Å². The maximum Gasteiger partial charge on any atom is 0.163 e. The van der Waals surface area contributed by atoms with Crippen LogP contribution >= 0.6 is 0 Å². The van der Waals surface area contributed by atoms with E-state index in [0.717, 1.165) is 0 Å². The molecule has 0 amide bonds. The Kier molecular flexibility index (Phi) is 3.43. The highest BCUT2D eigenvalue weighted by Crippen LogP contribution is 2.28. The number of Topliss-reactive ketones (excluding diaryl/α,β-unsaturated/α-hetero) is 1. The van der Waals surface area contributed by atoms with Crippen LogP contribution in [0.15, 0.2) is 18.6 Å². The van der Waals surface area contributed by atoms with Crippen molar-refractivity contribution in [3.05, 3.63) is 30.0 Å². The molecule has 0 aliphatic carbocycles. The van der Waals surface area contributed by atoms with Gasteiger partial charge >= 0.3 is 0 Å². The van der Waals surface area contributed by atoms with Gasteiger partial charge in [-0.3, -0.25) is 9.20 Å². The number of rotatable bonds is 2. The highest BCUT2D eigenvalue weighted by molar-refractivity contribution is 7.92. The Labute approximate surface area is 127 Å². The van der Waals surface area contributed by atoms with Crippen LogP contribution in [0.4, 0.5) is 10.2 Å². The van der Waals surface area contributed by atoms with E-state index in [4.69, 9.17) is 0 Å².